The Bertz CT molecular complexity index is 809. The molecule has 154 valence electrons. The number of carbonyl (C=O) groups excluding carboxylic acids is 3. The van der Waals surface area contributed by atoms with E-state index in [1.807, 2.05) is 36.4 Å². The summed E-state index contributed by atoms with van der Waals surface area (Å²) in [5.41, 5.74) is 1.55. The zero-order valence-electron chi connectivity index (χ0n) is 16.8. The Morgan fingerprint density at radius 1 is 0.897 bits per heavy atom. The largest absolute Gasteiger partial charge is 0.451 e. The maximum Gasteiger partial charge on any atom is 0.329 e. The fraction of sp³-hybridized carbons (Fsp3) is 0.318. The second-order valence-corrected chi connectivity index (χ2v) is 6.97. The van der Waals surface area contributed by atoms with E-state index in [0.29, 0.717) is 12.2 Å². The van der Waals surface area contributed by atoms with E-state index in [9.17, 15) is 14.4 Å². The van der Waals surface area contributed by atoms with E-state index in [1.54, 1.807) is 38.1 Å². The molecule has 2 aromatic rings. The van der Waals surface area contributed by atoms with E-state index in [4.69, 9.17) is 4.74 Å². The van der Waals surface area contributed by atoms with Crippen molar-refractivity contribution < 1.29 is 19.1 Å². The zero-order valence-corrected chi connectivity index (χ0v) is 16.8. The van der Waals surface area contributed by atoms with E-state index < -0.39 is 30.1 Å². The molecule has 2 rings (SSSR count). The molecule has 7 nitrogen and oxygen atoms in total. The molecule has 0 spiro atoms. The Kier molecular flexibility index (Phi) is 8.21. The van der Waals surface area contributed by atoms with Crippen molar-refractivity contribution in [3.63, 3.8) is 0 Å². The van der Waals surface area contributed by atoms with Gasteiger partial charge in [0.15, 0.2) is 6.10 Å². The topological polar surface area (TPSA) is 96.5 Å². The van der Waals surface area contributed by atoms with Crippen LogP contribution in [0, 0.1) is 5.92 Å². The van der Waals surface area contributed by atoms with Gasteiger partial charge in [0.2, 0.25) is 0 Å². The van der Waals surface area contributed by atoms with Crippen molar-refractivity contribution in [3.8, 4) is 0 Å². The van der Waals surface area contributed by atoms with Gasteiger partial charge in [0.25, 0.3) is 5.91 Å². The molecule has 0 fully saturated rings. The average molecular weight is 397 g/mol. The summed E-state index contributed by atoms with van der Waals surface area (Å²) in [4.78, 5) is 36.9. The van der Waals surface area contributed by atoms with Crippen molar-refractivity contribution in [2.24, 2.45) is 5.92 Å². The smallest absolute Gasteiger partial charge is 0.329 e. The number of anilines is 1. The molecular weight excluding hydrogens is 370 g/mol. The number of esters is 1. The molecule has 0 aliphatic heterocycles. The minimum atomic E-state index is -0.980. The number of hydrogen-bond acceptors (Lipinski definition) is 4. The van der Waals surface area contributed by atoms with Gasteiger partial charge in [0.05, 0.1) is 0 Å². The van der Waals surface area contributed by atoms with Crippen LogP contribution < -0.4 is 16.0 Å². The number of carbonyl (C=O) groups is 3. The molecular formula is C22H27N3O4. The number of amides is 3. The maximum absolute atomic E-state index is 12.5. The number of urea groups is 1. The van der Waals surface area contributed by atoms with Crippen LogP contribution in [0.4, 0.5) is 10.5 Å². The molecule has 0 aliphatic carbocycles. The van der Waals surface area contributed by atoms with Crippen LogP contribution in [0.15, 0.2) is 60.7 Å². The van der Waals surface area contributed by atoms with E-state index in [0.717, 1.165) is 5.56 Å². The van der Waals surface area contributed by atoms with Crippen LogP contribution in [0.5, 0.6) is 0 Å². The van der Waals surface area contributed by atoms with Crippen LogP contribution >= 0.6 is 0 Å². The number of para-hydroxylation sites is 1. The van der Waals surface area contributed by atoms with Gasteiger partial charge in [-0.2, -0.15) is 0 Å². The predicted octanol–water partition coefficient (Wildman–Crippen LogP) is 3.08. The van der Waals surface area contributed by atoms with Gasteiger partial charge in [-0.25, -0.2) is 9.59 Å². The van der Waals surface area contributed by atoms with Crippen molar-refractivity contribution in [2.75, 3.05) is 5.32 Å². The number of hydrogen-bond donors (Lipinski definition) is 3. The molecule has 3 amide bonds. The third-order valence-corrected chi connectivity index (χ3v) is 4.21. The summed E-state index contributed by atoms with van der Waals surface area (Å²) in [5.74, 6) is -1.28. The van der Waals surface area contributed by atoms with Gasteiger partial charge < -0.3 is 20.7 Å². The number of benzene rings is 2. The van der Waals surface area contributed by atoms with Crippen LogP contribution in [-0.2, 0) is 20.9 Å². The highest BCUT2D eigenvalue weighted by Gasteiger charge is 2.29. The Morgan fingerprint density at radius 2 is 1.48 bits per heavy atom. The van der Waals surface area contributed by atoms with Gasteiger partial charge in [0.1, 0.15) is 6.04 Å². The zero-order chi connectivity index (χ0) is 21.2. The standard InChI is InChI=1S/C22H27N3O4/c1-15(2)19(25-22(28)24-18-12-8-5-9-13-18)21(27)29-16(3)20(26)23-14-17-10-6-4-7-11-17/h4-13,15-16,19H,14H2,1-3H3,(H,23,26)(H2,24,25,28)/t16-,19+/m1/s1. The highest BCUT2D eigenvalue weighted by atomic mass is 16.5. The Morgan fingerprint density at radius 3 is 2.07 bits per heavy atom. The normalized spacial score (nSPS) is 12.6. The van der Waals surface area contributed by atoms with Gasteiger partial charge in [0, 0.05) is 12.2 Å². The summed E-state index contributed by atoms with van der Waals surface area (Å²) in [6.07, 6.45) is -0.980. The van der Waals surface area contributed by atoms with E-state index in [-0.39, 0.29) is 5.92 Å². The highest BCUT2D eigenvalue weighted by Crippen LogP contribution is 2.09. The van der Waals surface area contributed by atoms with Crippen LogP contribution in [0.1, 0.15) is 26.3 Å². The van der Waals surface area contributed by atoms with Crippen molar-refractivity contribution in [3.05, 3.63) is 66.2 Å². The van der Waals surface area contributed by atoms with Crippen LogP contribution in [0.3, 0.4) is 0 Å². The third-order valence-electron chi connectivity index (χ3n) is 4.21. The monoisotopic (exact) mass is 397 g/mol. The molecule has 2 atom stereocenters. The van der Waals surface area contributed by atoms with Crippen LogP contribution in [-0.4, -0.2) is 30.1 Å². The van der Waals surface area contributed by atoms with Gasteiger partial charge >= 0.3 is 12.0 Å². The predicted molar refractivity (Wildman–Crippen MR) is 111 cm³/mol. The number of nitrogens with one attached hydrogen (secondary N) is 3. The molecule has 0 saturated heterocycles. The van der Waals surface area contributed by atoms with Crippen LogP contribution in [0.25, 0.3) is 0 Å². The first kappa shape index (κ1) is 21.9. The summed E-state index contributed by atoms with van der Waals surface area (Å²) in [6, 6.07) is 16.9. The first-order valence-electron chi connectivity index (χ1n) is 9.51. The summed E-state index contributed by atoms with van der Waals surface area (Å²) >= 11 is 0. The molecule has 7 heteroatoms. The summed E-state index contributed by atoms with van der Waals surface area (Å²) in [7, 11) is 0. The van der Waals surface area contributed by atoms with E-state index in [2.05, 4.69) is 16.0 Å². The Labute approximate surface area is 170 Å². The van der Waals surface area contributed by atoms with Crippen molar-refractivity contribution >= 4 is 23.6 Å². The van der Waals surface area contributed by atoms with E-state index >= 15 is 0 Å². The molecule has 0 aliphatic rings. The van der Waals surface area contributed by atoms with Crippen molar-refractivity contribution in [1.82, 2.24) is 10.6 Å². The first-order chi connectivity index (χ1) is 13.9. The quantitative estimate of drug-likeness (QED) is 0.597. The first-order valence-corrected chi connectivity index (χ1v) is 9.51. The molecule has 0 aromatic heterocycles. The lowest BCUT2D eigenvalue weighted by molar-refractivity contribution is -0.157. The van der Waals surface area contributed by atoms with Crippen molar-refractivity contribution in [2.45, 2.75) is 39.5 Å². The van der Waals surface area contributed by atoms with Gasteiger partial charge in [-0.05, 0) is 30.5 Å². The fourth-order valence-electron chi connectivity index (χ4n) is 2.56. The average Bonchev–Trinajstić information content (AvgIpc) is 2.71. The molecule has 0 heterocycles. The molecule has 0 unspecified atom stereocenters. The minimum absolute atomic E-state index is 0.219. The van der Waals surface area contributed by atoms with Crippen LogP contribution in [0.2, 0.25) is 0 Å². The molecule has 0 radical (unpaired) electrons. The Hall–Kier alpha value is -3.35. The summed E-state index contributed by atoms with van der Waals surface area (Å²) in [6.45, 7) is 5.41. The molecule has 29 heavy (non-hydrogen) atoms. The third kappa shape index (κ3) is 7.29. The molecule has 3 N–H and O–H groups in total. The second kappa shape index (κ2) is 10.8. The molecule has 0 bridgehead atoms. The lowest BCUT2D eigenvalue weighted by atomic mass is 10.0. The van der Waals surface area contributed by atoms with Crippen molar-refractivity contribution in [1.29, 1.82) is 0 Å². The lowest BCUT2D eigenvalue weighted by Gasteiger charge is -2.23. The summed E-state index contributed by atoms with van der Waals surface area (Å²) < 4.78 is 5.28. The fourth-order valence-corrected chi connectivity index (χ4v) is 2.56. The maximum atomic E-state index is 12.5. The molecule has 2 aromatic carbocycles. The van der Waals surface area contributed by atoms with Gasteiger partial charge in [-0.1, -0.05) is 62.4 Å². The second-order valence-electron chi connectivity index (χ2n) is 6.97. The SMILES string of the molecule is CC(C)[C@H](NC(=O)Nc1ccccc1)C(=O)O[C@H](C)C(=O)NCc1ccccc1. The van der Waals surface area contributed by atoms with Gasteiger partial charge in [-0.3, -0.25) is 4.79 Å². The Balaban J connectivity index is 1.87. The van der Waals surface area contributed by atoms with Gasteiger partial charge in [-0.15, -0.1) is 0 Å². The number of ether oxygens (including phenoxy) is 1. The highest BCUT2D eigenvalue weighted by molar-refractivity contribution is 5.93. The van der Waals surface area contributed by atoms with E-state index in [1.165, 1.54) is 6.92 Å². The lowest BCUT2D eigenvalue weighted by Crippen LogP contribution is -2.49. The summed E-state index contributed by atoms with van der Waals surface area (Å²) in [5, 5.41) is 8.00. The minimum Gasteiger partial charge on any atom is -0.451 e. The molecule has 0 saturated carbocycles. The number of rotatable bonds is 8.